The van der Waals surface area contributed by atoms with Crippen LogP contribution in [0.25, 0.3) is 0 Å². The van der Waals surface area contributed by atoms with Crippen molar-refractivity contribution in [2.75, 3.05) is 11.9 Å². The van der Waals surface area contributed by atoms with Crippen molar-refractivity contribution in [1.82, 2.24) is 4.90 Å². The van der Waals surface area contributed by atoms with Crippen LogP contribution in [0.4, 0.5) is 5.69 Å². The third-order valence-corrected chi connectivity index (χ3v) is 5.67. The van der Waals surface area contributed by atoms with Gasteiger partial charge in [0.1, 0.15) is 5.75 Å². The maximum atomic E-state index is 12.5. The van der Waals surface area contributed by atoms with E-state index < -0.39 is 0 Å². The molecule has 1 aromatic carbocycles. The van der Waals surface area contributed by atoms with Crippen molar-refractivity contribution in [3.63, 3.8) is 0 Å². The van der Waals surface area contributed by atoms with Crippen molar-refractivity contribution in [1.29, 1.82) is 0 Å². The first-order chi connectivity index (χ1) is 12.1. The van der Waals surface area contributed by atoms with Gasteiger partial charge in [0, 0.05) is 23.8 Å². The van der Waals surface area contributed by atoms with Crippen LogP contribution in [0.1, 0.15) is 65.2 Å². The van der Waals surface area contributed by atoms with Crippen LogP contribution in [-0.2, 0) is 4.79 Å². The Morgan fingerprint density at radius 1 is 1.00 bits per heavy atom. The topological polar surface area (TPSA) is 41.6 Å². The van der Waals surface area contributed by atoms with Gasteiger partial charge in [0.05, 0.1) is 0 Å². The van der Waals surface area contributed by atoms with Crippen molar-refractivity contribution < 1.29 is 9.53 Å². The van der Waals surface area contributed by atoms with Gasteiger partial charge in [-0.15, -0.1) is 0 Å². The summed E-state index contributed by atoms with van der Waals surface area (Å²) < 4.78 is 5.74. The number of carbonyl (C=O) groups excluding carboxylic acids is 1. The van der Waals surface area contributed by atoms with Crippen LogP contribution in [0.3, 0.4) is 0 Å². The molecular weight excluding hydrogens is 312 g/mol. The molecule has 1 amide bonds. The smallest absolute Gasteiger partial charge is 0.260 e. The molecule has 3 rings (SSSR count). The second-order valence-electron chi connectivity index (χ2n) is 7.72. The summed E-state index contributed by atoms with van der Waals surface area (Å²) in [6, 6.07) is 9.28. The first-order valence-corrected chi connectivity index (χ1v) is 9.94. The molecule has 0 bridgehead atoms. The highest BCUT2D eigenvalue weighted by atomic mass is 16.5. The van der Waals surface area contributed by atoms with Crippen molar-refractivity contribution in [3.8, 4) is 5.75 Å². The summed E-state index contributed by atoms with van der Waals surface area (Å²) in [5.41, 5.74) is 1.14. The Balaban J connectivity index is 1.48. The fourth-order valence-corrected chi connectivity index (χ4v) is 4.26. The molecule has 0 radical (unpaired) electrons. The molecule has 0 unspecified atom stereocenters. The number of hydrogen-bond acceptors (Lipinski definition) is 3. The molecule has 2 aliphatic rings. The fraction of sp³-hybridized carbons (Fsp3) is 0.667. The minimum Gasteiger partial charge on any atom is -0.484 e. The van der Waals surface area contributed by atoms with E-state index in [1.165, 1.54) is 38.5 Å². The van der Waals surface area contributed by atoms with Gasteiger partial charge >= 0.3 is 0 Å². The molecule has 4 nitrogen and oxygen atoms in total. The van der Waals surface area contributed by atoms with Crippen molar-refractivity contribution in [3.05, 3.63) is 24.3 Å². The Labute approximate surface area is 151 Å². The molecule has 1 N–H and O–H groups in total. The third-order valence-electron chi connectivity index (χ3n) is 5.67. The maximum absolute atomic E-state index is 12.5. The molecule has 0 spiro atoms. The van der Waals surface area contributed by atoms with Gasteiger partial charge in [-0.05, 0) is 70.2 Å². The summed E-state index contributed by atoms with van der Waals surface area (Å²) in [5.74, 6) is 0.865. The van der Waals surface area contributed by atoms with Gasteiger partial charge in [0.25, 0.3) is 5.91 Å². The SMILES string of the molecule is C[C@@H]1CCC[C@@H](C)N1C(=O)COc1ccc(NC2CCCCC2)cc1. The van der Waals surface area contributed by atoms with Crippen LogP contribution < -0.4 is 10.1 Å². The number of nitrogens with one attached hydrogen (secondary N) is 1. The zero-order valence-electron chi connectivity index (χ0n) is 15.7. The number of benzene rings is 1. The molecule has 25 heavy (non-hydrogen) atoms. The predicted molar refractivity (Wildman–Crippen MR) is 102 cm³/mol. The van der Waals surface area contributed by atoms with Crippen LogP contribution in [-0.4, -0.2) is 35.5 Å². The molecule has 1 aromatic rings. The largest absolute Gasteiger partial charge is 0.484 e. The molecule has 4 heteroatoms. The highest BCUT2D eigenvalue weighted by Gasteiger charge is 2.28. The van der Waals surface area contributed by atoms with E-state index in [-0.39, 0.29) is 12.5 Å². The summed E-state index contributed by atoms with van der Waals surface area (Å²) in [4.78, 5) is 14.5. The molecule has 0 aromatic heterocycles. The molecule has 1 aliphatic heterocycles. The van der Waals surface area contributed by atoms with Crippen LogP contribution in [0.15, 0.2) is 24.3 Å². The first-order valence-electron chi connectivity index (χ1n) is 9.94. The summed E-state index contributed by atoms with van der Waals surface area (Å²) in [6.07, 6.45) is 9.95. The maximum Gasteiger partial charge on any atom is 0.260 e. The van der Waals surface area contributed by atoms with E-state index in [9.17, 15) is 4.79 Å². The average molecular weight is 344 g/mol. The van der Waals surface area contributed by atoms with Crippen molar-refractivity contribution >= 4 is 11.6 Å². The Hall–Kier alpha value is -1.71. The fourth-order valence-electron chi connectivity index (χ4n) is 4.26. The quantitative estimate of drug-likeness (QED) is 0.849. The number of piperidine rings is 1. The lowest BCUT2D eigenvalue weighted by Gasteiger charge is -2.38. The highest BCUT2D eigenvalue weighted by Crippen LogP contribution is 2.24. The van der Waals surface area contributed by atoms with Crippen LogP contribution in [0, 0.1) is 0 Å². The number of hydrogen-bond donors (Lipinski definition) is 1. The standard InChI is InChI=1S/C21H32N2O2/c1-16-7-6-8-17(2)23(16)21(24)15-25-20-13-11-19(12-14-20)22-18-9-4-3-5-10-18/h11-14,16-18,22H,3-10,15H2,1-2H3/t16-,17-/m1/s1. The molecule has 1 saturated carbocycles. The second-order valence-corrected chi connectivity index (χ2v) is 7.72. The van der Waals surface area contributed by atoms with Gasteiger partial charge in [-0.3, -0.25) is 4.79 Å². The second kappa shape index (κ2) is 8.59. The van der Waals surface area contributed by atoms with Gasteiger partial charge in [0.2, 0.25) is 0 Å². The number of rotatable bonds is 5. The number of amides is 1. The van der Waals surface area contributed by atoms with Gasteiger partial charge in [-0.1, -0.05) is 19.3 Å². The van der Waals surface area contributed by atoms with E-state index in [0.29, 0.717) is 18.1 Å². The van der Waals surface area contributed by atoms with Crippen LogP contribution in [0.5, 0.6) is 5.75 Å². The lowest BCUT2D eigenvalue weighted by molar-refractivity contribution is -0.139. The zero-order chi connectivity index (χ0) is 17.6. The van der Waals surface area contributed by atoms with Gasteiger partial charge in [-0.25, -0.2) is 0 Å². The molecule has 2 fully saturated rings. The normalized spacial score (nSPS) is 24.8. The third kappa shape index (κ3) is 4.90. The lowest BCUT2D eigenvalue weighted by atomic mass is 9.95. The number of likely N-dealkylation sites (tertiary alicyclic amines) is 1. The van der Waals surface area contributed by atoms with Gasteiger partial charge in [-0.2, -0.15) is 0 Å². The first kappa shape index (κ1) is 18.1. The summed E-state index contributed by atoms with van der Waals surface area (Å²) in [6.45, 7) is 4.41. The van der Waals surface area contributed by atoms with E-state index in [1.54, 1.807) is 0 Å². The number of carbonyl (C=O) groups is 1. The predicted octanol–water partition coefficient (Wildman–Crippen LogP) is 4.60. The van der Waals surface area contributed by atoms with Gasteiger partial charge in [0.15, 0.2) is 6.61 Å². The highest BCUT2D eigenvalue weighted by molar-refractivity contribution is 5.78. The number of ether oxygens (including phenoxy) is 1. The van der Waals surface area contributed by atoms with E-state index in [1.807, 2.05) is 17.0 Å². The monoisotopic (exact) mass is 344 g/mol. The van der Waals surface area contributed by atoms with E-state index >= 15 is 0 Å². The molecule has 1 aliphatic carbocycles. The van der Waals surface area contributed by atoms with Gasteiger partial charge < -0.3 is 15.0 Å². The van der Waals surface area contributed by atoms with Crippen LogP contribution in [0.2, 0.25) is 0 Å². The minimum absolute atomic E-state index is 0.101. The summed E-state index contributed by atoms with van der Waals surface area (Å²) >= 11 is 0. The molecule has 1 saturated heterocycles. The van der Waals surface area contributed by atoms with Crippen molar-refractivity contribution in [2.24, 2.45) is 0 Å². The van der Waals surface area contributed by atoms with E-state index in [4.69, 9.17) is 4.74 Å². The van der Waals surface area contributed by atoms with E-state index in [0.717, 1.165) is 24.3 Å². The Kier molecular flexibility index (Phi) is 6.22. The lowest BCUT2D eigenvalue weighted by Crippen LogP contribution is -2.49. The zero-order valence-corrected chi connectivity index (χ0v) is 15.7. The molecule has 138 valence electrons. The molecular formula is C21H32N2O2. The number of nitrogens with zero attached hydrogens (tertiary/aromatic N) is 1. The van der Waals surface area contributed by atoms with Crippen LogP contribution >= 0.6 is 0 Å². The Morgan fingerprint density at radius 2 is 1.64 bits per heavy atom. The Morgan fingerprint density at radius 3 is 2.28 bits per heavy atom. The summed E-state index contributed by atoms with van der Waals surface area (Å²) in [7, 11) is 0. The van der Waals surface area contributed by atoms with E-state index in [2.05, 4.69) is 31.3 Å². The molecule has 1 heterocycles. The average Bonchev–Trinajstić information content (AvgIpc) is 2.62. The number of anilines is 1. The Bertz CT molecular complexity index is 542. The minimum atomic E-state index is 0.101. The molecule has 2 atom stereocenters. The van der Waals surface area contributed by atoms with Crippen molar-refractivity contribution in [2.45, 2.75) is 83.3 Å². The summed E-state index contributed by atoms with van der Waals surface area (Å²) in [5, 5.41) is 3.61.